The Hall–Kier alpha value is -0.590. The van der Waals surface area contributed by atoms with Gasteiger partial charge in [0.1, 0.15) is 0 Å². The van der Waals surface area contributed by atoms with Crippen LogP contribution in [0.1, 0.15) is 26.7 Å². The molecule has 3 saturated heterocycles. The SMILES string of the molecule is CC(C)N1[C@@H]2CCO[C@@H](C#N)[C@H]1C2. The second-order valence-corrected chi connectivity index (χ2v) is 4.21. The molecule has 3 atom stereocenters. The van der Waals surface area contributed by atoms with Crippen molar-refractivity contribution in [2.75, 3.05) is 6.61 Å². The third kappa shape index (κ3) is 1.34. The molecule has 0 aromatic heterocycles. The van der Waals surface area contributed by atoms with Gasteiger partial charge in [-0.2, -0.15) is 5.26 Å². The molecule has 3 aliphatic rings. The molecule has 3 fully saturated rings. The smallest absolute Gasteiger partial charge is 0.159 e. The summed E-state index contributed by atoms with van der Waals surface area (Å²) in [5.74, 6) is 0. The Morgan fingerprint density at radius 1 is 1.54 bits per heavy atom. The number of nitriles is 1. The maximum atomic E-state index is 8.91. The summed E-state index contributed by atoms with van der Waals surface area (Å²) in [6, 6.07) is 3.82. The van der Waals surface area contributed by atoms with Crippen molar-refractivity contribution in [2.24, 2.45) is 0 Å². The maximum Gasteiger partial charge on any atom is 0.159 e. The normalized spacial score (nSPS) is 39.4. The molecule has 0 saturated carbocycles. The molecule has 3 rings (SSSR count). The summed E-state index contributed by atoms with van der Waals surface area (Å²) in [5, 5.41) is 8.91. The monoisotopic (exact) mass is 180 g/mol. The largest absolute Gasteiger partial charge is 0.362 e. The Bertz CT molecular complexity index is 234. The second kappa shape index (κ2) is 3.28. The predicted molar refractivity (Wildman–Crippen MR) is 49.1 cm³/mol. The van der Waals surface area contributed by atoms with Gasteiger partial charge in [-0.05, 0) is 26.7 Å². The number of hydrogen-bond acceptors (Lipinski definition) is 3. The highest BCUT2D eigenvalue weighted by atomic mass is 16.5. The number of fused-ring (bicyclic) bond motifs is 3. The van der Waals surface area contributed by atoms with E-state index < -0.39 is 0 Å². The molecule has 2 bridgehead atoms. The van der Waals surface area contributed by atoms with E-state index >= 15 is 0 Å². The quantitative estimate of drug-likeness (QED) is 0.607. The highest BCUT2D eigenvalue weighted by molar-refractivity contribution is 5.07. The van der Waals surface area contributed by atoms with Gasteiger partial charge in [-0.3, -0.25) is 4.90 Å². The van der Waals surface area contributed by atoms with E-state index in [1.54, 1.807) is 0 Å². The standard InChI is InChI=1S/C10H16N2O/c1-7(2)12-8-3-4-13-10(6-11)9(12)5-8/h7-10H,3-5H2,1-2H3/t8-,9-,10+/m1/s1. The van der Waals surface area contributed by atoms with Crippen LogP contribution in [0.3, 0.4) is 0 Å². The van der Waals surface area contributed by atoms with Crippen LogP contribution in [0.5, 0.6) is 0 Å². The first-order valence-corrected chi connectivity index (χ1v) is 5.02. The van der Waals surface area contributed by atoms with Gasteiger partial charge in [-0.25, -0.2) is 0 Å². The molecule has 0 N–H and O–H groups in total. The summed E-state index contributed by atoms with van der Waals surface area (Å²) in [6.45, 7) is 5.14. The highest BCUT2D eigenvalue weighted by Gasteiger charge is 2.46. The van der Waals surface area contributed by atoms with Crippen molar-refractivity contribution >= 4 is 0 Å². The van der Waals surface area contributed by atoms with Crippen molar-refractivity contribution in [1.82, 2.24) is 4.90 Å². The van der Waals surface area contributed by atoms with Crippen LogP contribution in [0.2, 0.25) is 0 Å². The molecule has 0 radical (unpaired) electrons. The van der Waals surface area contributed by atoms with E-state index in [0.29, 0.717) is 18.1 Å². The first-order valence-electron chi connectivity index (χ1n) is 5.02. The maximum absolute atomic E-state index is 8.91. The van der Waals surface area contributed by atoms with Crippen molar-refractivity contribution in [3.05, 3.63) is 0 Å². The van der Waals surface area contributed by atoms with Crippen molar-refractivity contribution in [3.8, 4) is 6.07 Å². The minimum absolute atomic E-state index is 0.193. The van der Waals surface area contributed by atoms with Crippen LogP contribution >= 0.6 is 0 Å². The summed E-state index contributed by atoms with van der Waals surface area (Å²) >= 11 is 0. The second-order valence-electron chi connectivity index (χ2n) is 4.21. The minimum Gasteiger partial charge on any atom is -0.362 e. The van der Waals surface area contributed by atoms with Gasteiger partial charge in [-0.15, -0.1) is 0 Å². The molecule has 3 aliphatic heterocycles. The lowest BCUT2D eigenvalue weighted by Gasteiger charge is -2.50. The van der Waals surface area contributed by atoms with Crippen LogP contribution in [0, 0.1) is 11.3 Å². The van der Waals surface area contributed by atoms with Crippen LogP contribution in [0.25, 0.3) is 0 Å². The Morgan fingerprint density at radius 2 is 2.31 bits per heavy atom. The molecular weight excluding hydrogens is 164 g/mol. The fraction of sp³-hybridized carbons (Fsp3) is 0.900. The molecule has 0 spiro atoms. The number of ether oxygens (including phenoxy) is 1. The van der Waals surface area contributed by atoms with Crippen molar-refractivity contribution in [3.63, 3.8) is 0 Å². The lowest BCUT2D eigenvalue weighted by Crippen LogP contribution is -2.61. The topological polar surface area (TPSA) is 36.3 Å². The van der Waals surface area contributed by atoms with E-state index in [1.807, 2.05) is 0 Å². The zero-order valence-electron chi connectivity index (χ0n) is 8.23. The average Bonchev–Trinajstić information content (AvgIpc) is 2.31. The highest BCUT2D eigenvalue weighted by Crippen LogP contribution is 2.36. The molecule has 0 aromatic carbocycles. The molecular formula is C10H16N2O. The molecule has 13 heavy (non-hydrogen) atoms. The zero-order chi connectivity index (χ0) is 9.42. The van der Waals surface area contributed by atoms with E-state index in [-0.39, 0.29) is 6.10 Å². The summed E-state index contributed by atoms with van der Waals surface area (Å²) in [5.41, 5.74) is 0. The molecule has 0 aliphatic carbocycles. The van der Waals surface area contributed by atoms with Crippen LogP contribution < -0.4 is 0 Å². The summed E-state index contributed by atoms with van der Waals surface area (Å²) in [7, 11) is 0. The van der Waals surface area contributed by atoms with E-state index in [0.717, 1.165) is 19.4 Å². The van der Waals surface area contributed by atoms with Gasteiger partial charge in [-0.1, -0.05) is 0 Å². The van der Waals surface area contributed by atoms with Gasteiger partial charge >= 0.3 is 0 Å². The van der Waals surface area contributed by atoms with Gasteiger partial charge in [0, 0.05) is 18.7 Å². The van der Waals surface area contributed by atoms with Gasteiger partial charge in [0.2, 0.25) is 0 Å². The average molecular weight is 180 g/mol. The number of nitrogens with zero attached hydrogens (tertiary/aromatic N) is 2. The molecule has 3 nitrogen and oxygen atoms in total. The van der Waals surface area contributed by atoms with Gasteiger partial charge in [0.05, 0.1) is 12.1 Å². The predicted octanol–water partition coefficient (Wildman–Crippen LogP) is 1.15. The van der Waals surface area contributed by atoms with Crippen molar-refractivity contribution in [2.45, 2.75) is 50.9 Å². The van der Waals surface area contributed by atoms with E-state index in [2.05, 4.69) is 24.8 Å². The summed E-state index contributed by atoms with van der Waals surface area (Å²) in [6.07, 6.45) is 2.05. The fourth-order valence-corrected chi connectivity index (χ4v) is 2.57. The molecule has 0 amide bonds. The molecule has 0 unspecified atom stereocenters. The first kappa shape index (κ1) is 8.98. The van der Waals surface area contributed by atoms with Crippen LogP contribution in [0.15, 0.2) is 0 Å². The van der Waals surface area contributed by atoms with Gasteiger partial charge < -0.3 is 4.74 Å². The van der Waals surface area contributed by atoms with E-state index in [4.69, 9.17) is 10.00 Å². The molecule has 3 heterocycles. The number of hydrogen-bond donors (Lipinski definition) is 0. The van der Waals surface area contributed by atoms with Crippen LogP contribution in [-0.2, 0) is 4.74 Å². The van der Waals surface area contributed by atoms with Crippen molar-refractivity contribution in [1.29, 1.82) is 5.26 Å². The minimum atomic E-state index is -0.193. The summed E-state index contributed by atoms with van der Waals surface area (Å²) < 4.78 is 5.48. The van der Waals surface area contributed by atoms with Gasteiger partial charge in [0.15, 0.2) is 6.10 Å². The zero-order valence-corrected chi connectivity index (χ0v) is 8.23. The Labute approximate surface area is 79.3 Å². The van der Waals surface area contributed by atoms with Crippen LogP contribution in [0.4, 0.5) is 0 Å². The summed E-state index contributed by atoms with van der Waals surface area (Å²) in [4.78, 5) is 2.43. The van der Waals surface area contributed by atoms with Gasteiger partial charge in [0.25, 0.3) is 0 Å². The Balaban J connectivity index is 2.11. The first-order chi connectivity index (χ1) is 6.24. The lowest BCUT2D eigenvalue weighted by molar-refractivity contribution is -0.0407. The van der Waals surface area contributed by atoms with E-state index in [1.165, 1.54) is 0 Å². The molecule has 72 valence electrons. The molecule has 0 aromatic rings. The van der Waals surface area contributed by atoms with E-state index in [9.17, 15) is 0 Å². The third-order valence-electron chi connectivity index (χ3n) is 3.14. The third-order valence-corrected chi connectivity index (χ3v) is 3.14. The van der Waals surface area contributed by atoms with Crippen molar-refractivity contribution < 1.29 is 4.74 Å². The van der Waals surface area contributed by atoms with Crippen LogP contribution in [-0.4, -0.2) is 35.7 Å². The fourth-order valence-electron chi connectivity index (χ4n) is 2.57. The Kier molecular flexibility index (Phi) is 2.27. The molecule has 3 heteroatoms. The number of rotatable bonds is 1. The Morgan fingerprint density at radius 3 is 2.92 bits per heavy atom. The lowest BCUT2D eigenvalue weighted by atomic mass is 9.87.